The molecule has 166 valence electrons. The number of benzene rings is 3. The van der Waals surface area contributed by atoms with Gasteiger partial charge < -0.3 is 10.1 Å². The minimum atomic E-state index is -0.489. The summed E-state index contributed by atoms with van der Waals surface area (Å²) in [5.74, 6) is -0.112. The van der Waals surface area contributed by atoms with Crippen molar-refractivity contribution in [3.05, 3.63) is 110 Å². The molecule has 0 saturated heterocycles. The van der Waals surface area contributed by atoms with Crippen LogP contribution in [0.4, 0.5) is 5.69 Å². The Morgan fingerprint density at radius 1 is 0.909 bits per heavy atom. The zero-order valence-electron chi connectivity index (χ0n) is 17.6. The fourth-order valence-corrected chi connectivity index (χ4v) is 5.18. The number of Topliss-reactive ketones (excluding diaryl/α,β-unsaturated/α-hetero) is 1. The first-order valence-electron chi connectivity index (χ1n) is 10.8. The summed E-state index contributed by atoms with van der Waals surface area (Å²) in [7, 11) is 0. The van der Waals surface area contributed by atoms with E-state index < -0.39 is 5.97 Å². The topological polar surface area (TPSA) is 55.4 Å². The number of ether oxygens (including phenoxy) is 1. The summed E-state index contributed by atoms with van der Waals surface area (Å²) in [6, 6.07) is 21.2. The van der Waals surface area contributed by atoms with E-state index in [1.54, 1.807) is 30.3 Å². The van der Waals surface area contributed by atoms with Gasteiger partial charge in [-0.3, -0.25) is 4.79 Å². The van der Waals surface area contributed by atoms with Gasteiger partial charge in [-0.1, -0.05) is 68.3 Å². The van der Waals surface area contributed by atoms with E-state index >= 15 is 0 Å². The van der Waals surface area contributed by atoms with Crippen molar-refractivity contribution in [1.29, 1.82) is 0 Å². The lowest BCUT2D eigenvalue weighted by Gasteiger charge is -2.37. The van der Waals surface area contributed by atoms with Gasteiger partial charge in [-0.15, -0.1) is 0 Å². The monoisotopic (exact) mass is 565 g/mol. The van der Waals surface area contributed by atoms with Crippen molar-refractivity contribution in [2.75, 3.05) is 11.9 Å². The normalized spacial score (nSPS) is 20.5. The fraction of sp³-hybridized carbons (Fsp3) is 0.185. The Labute approximate surface area is 209 Å². The smallest absolute Gasteiger partial charge is 0.338 e. The first-order valence-corrected chi connectivity index (χ1v) is 12.4. The lowest BCUT2D eigenvalue weighted by molar-refractivity contribution is 0.0474. The number of hydrogen-bond acceptors (Lipinski definition) is 4. The number of carbonyl (C=O) groups is 2. The number of nitrogens with one attached hydrogen (secondary N) is 1. The molecule has 1 heterocycles. The highest BCUT2D eigenvalue weighted by Crippen LogP contribution is 2.50. The van der Waals surface area contributed by atoms with Crippen LogP contribution in [0.25, 0.3) is 0 Å². The third-order valence-electron chi connectivity index (χ3n) is 6.33. The van der Waals surface area contributed by atoms with E-state index in [2.05, 4.69) is 73.6 Å². The Bertz CT molecular complexity index is 1240. The van der Waals surface area contributed by atoms with Crippen LogP contribution in [0, 0.1) is 5.92 Å². The van der Waals surface area contributed by atoms with Gasteiger partial charge in [-0.2, -0.15) is 0 Å². The minimum Gasteiger partial charge on any atom is -0.454 e. The average molecular weight is 567 g/mol. The molecule has 0 aromatic heterocycles. The summed E-state index contributed by atoms with van der Waals surface area (Å²) in [4.78, 5) is 25.1. The van der Waals surface area contributed by atoms with Crippen LogP contribution in [-0.2, 0) is 4.74 Å². The summed E-state index contributed by atoms with van der Waals surface area (Å²) in [5.41, 5.74) is 4.34. The van der Waals surface area contributed by atoms with Gasteiger partial charge in [0.05, 0.1) is 11.6 Å². The molecule has 3 aromatic rings. The largest absolute Gasteiger partial charge is 0.454 e. The third-order valence-corrected chi connectivity index (χ3v) is 7.39. The number of fused-ring (bicyclic) bond motifs is 3. The first-order chi connectivity index (χ1) is 16.0. The number of halogens is 2. The van der Waals surface area contributed by atoms with E-state index in [4.69, 9.17) is 4.74 Å². The number of anilines is 1. The molecule has 0 unspecified atom stereocenters. The van der Waals surface area contributed by atoms with Gasteiger partial charge in [0.2, 0.25) is 0 Å². The van der Waals surface area contributed by atoms with Crippen LogP contribution in [0.2, 0.25) is 0 Å². The molecule has 4 nitrogen and oxygen atoms in total. The van der Waals surface area contributed by atoms with Gasteiger partial charge >= 0.3 is 5.97 Å². The second kappa shape index (κ2) is 9.27. The lowest BCUT2D eigenvalue weighted by atomic mass is 9.76. The molecule has 0 fully saturated rings. The molecular weight excluding hydrogens is 546 g/mol. The highest BCUT2D eigenvalue weighted by atomic mass is 79.9. The SMILES string of the molecule is O=C(COC(=O)c1ccc2c(c1)[C@H]1C=CC[C@@H]1[C@@H](c1ccc(Br)cc1)N2)c1ccc(Br)cc1. The molecule has 33 heavy (non-hydrogen) atoms. The summed E-state index contributed by atoms with van der Waals surface area (Å²) >= 11 is 6.86. The zero-order chi connectivity index (χ0) is 22.9. The van der Waals surface area contributed by atoms with Crippen LogP contribution in [0.15, 0.2) is 87.8 Å². The van der Waals surface area contributed by atoms with E-state index in [1.165, 1.54) is 5.56 Å². The van der Waals surface area contributed by atoms with E-state index in [9.17, 15) is 9.59 Å². The van der Waals surface area contributed by atoms with Crippen molar-refractivity contribution < 1.29 is 14.3 Å². The van der Waals surface area contributed by atoms with Gasteiger partial charge in [0, 0.05) is 26.1 Å². The Morgan fingerprint density at radius 2 is 1.58 bits per heavy atom. The minimum absolute atomic E-state index is 0.201. The molecule has 5 rings (SSSR count). The predicted molar refractivity (Wildman–Crippen MR) is 136 cm³/mol. The van der Waals surface area contributed by atoms with Crippen LogP contribution >= 0.6 is 31.9 Å². The van der Waals surface area contributed by atoms with Gasteiger partial charge in [0.15, 0.2) is 12.4 Å². The van der Waals surface area contributed by atoms with Crippen molar-refractivity contribution in [1.82, 2.24) is 0 Å². The van der Waals surface area contributed by atoms with Crippen molar-refractivity contribution >= 4 is 49.3 Å². The second-order valence-electron chi connectivity index (χ2n) is 8.34. The van der Waals surface area contributed by atoms with Gasteiger partial charge in [0.25, 0.3) is 0 Å². The molecule has 0 amide bonds. The number of hydrogen-bond donors (Lipinski definition) is 1. The van der Waals surface area contributed by atoms with Crippen molar-refractivity contribution in [3.63, 3.8) is 0 Å². The highest BCUT2D eigenvalue weighted by Gasteiger charge is 2.38. The van der Waals surface area contributed by atoms with Crippen molar-refractivity contribution in [2.45, 2.75) is 18.4 Å². The quantitative estimate of drug-likeness (QED) is 0.204. The molecule has 3 atom stereocenters. The zero-order valence-corrected chi connectivity index (χ0v) is 20.8. The first kappa shape index (κ1) is 22.1. The van der Waals surface area contributed by atoms with Crippen molar-refractivity contribution in [2.24, 2.45) is 5.92 Å². The van der Waals surface area contributed by atoms with Crippen LogP contribution < -0.4 is 5.32 Å². The second-order valence-corrected chi connectivity index (χ2v) is 10.2. The number of allylic oxidation sites excluding steroid dienone is 2. The maximum absolute atomic E-state index is 12.7. The molecule has 1 N–H and O–H groups in total. The summed E-state index contributed by atoms with van der Waals surface area (Å²) < 4.78 is 7.29. The third kappa shape index (κ3) is 4.55. The van der Waals surface area contributed by atoms with Gasteiger partial charge in [0.1, 0.15) is 0 Å². The van der Waals surface area contributed by atoms with E-state index in [0.717, 1.165) is 26.6 Å². The van der Waals surface area contributed by atoms with E-state index in [1.807, 2.05) is 12.1 Å². The molecule has 0 saturated carbocycles. The van der Waals surface area contributed by atoms with Crippen molar-refractivity contribution in [3.8, 4) is 0 Å². The van der Waals surface area contributed by atoms with E-state index in [-0.39, 0.29) is 24.3 Å². The number of ketones is 1. The number of carbonyl (C=O) groups excluding carboxylic acids is 2. The van der Waals surface area contributed by atoms with Crippen LogP contribution in [0.3, 0.4) is 0 Å². The molecule has 1 aliphatic carbocycles. The van der Waals surface area contributed by atoms with Crippen LogP contribution in [0.1, 0.15) is 50.2 Å². The fourth-order valence-electron chi connectivity index (χ4n) is 4.66. The van der Waals surface area contributed by atoms with Crippen LogP contribution in [0.5, 0.6) is 0 Å². The van der Waals surface area contributed by atoms with Crippen LogP contribution in [-0.4, -0.2) is 18.4 Å². The molecule has 0 spiro atoms. The van der Waals surface area contributed by atoms with E-state index in [0.29, 0.717) is 17.0 Å². The Kier molecular flexibility index (Phi) is 6.21. The molecule has 3 aromatic carbocycles. The maximum atomic E-state index is 12.7. The molecular formula is C27H21Br2NO3. The number of esters is 1. The molecule has 0 radical (unpaired) electrons. The Balaban J connectivity index is 1.33. The molecule has 6 heteroatoms. The lowest BCUT2D eigenvalue weighted by Crippen LogP contribution is -2.29. The Hall–Kier alpha value is -2.70. The summed E-state index contributed by atoms with van der Waals surface area (Å²) in [6.45, 7) is -0.284. The molecule has 2 aliphatic rings. The Morgan fingerprint density at radius 3 is 2.30 bits per heavy atom. The number of rotatable bonds is 5. The van der Waals surface area contributed by atoms with Gasteiger partial charge in [-0.25, -0.2) is 4.79 Å². The highest BCUT2D eigenvalue weighted by molar-refractivity contribution is 9.10. The molecule has 0 bridgehead atoms. The average Bonchev–Trinajstić information content (AvgIpc) is 3.33. The predicted octanol–water partition coefficient (Wildman–Crippen LogP) is 7.08. The maximum Gasteiger partial charge on any atom is 0.338 e. The summed E-state index contributed by atoms with van der Waals surface area (Å²) in [5, 5.41) is 3.68. The standard InChI is InChI=1S/C27H21Br2NO3/c28-19-9-4-16(5-10-19)25(31)15-33-27(32)18-8-13-24-23(14-18)21-2-1-3-22(21)26(30-24)17-6-11-20(29)12-7-17/h1-2,4-14,21-22,26,30H,3,15H2/t21-,22-,26+/m0/s1. The van der Waals surface area contributed by atoms with Gasteiger partial charge in [-0.05, 0) is 65.9 Å². The molecule has 1 aliphatic heterocycles. The summed E-state index contributed by atoms with van der Waals surface area (Å²) in [6.07, 6.45) is 5.44.